The van der Waals surface area contributed by atoms with Crippen LogP contribution in [-0.4, -0.2) is 17.1 Å². The highest BCUT2D eigenvalue weighted by Crippen LogP contribution is 2.47. The van der Waals surface area contributed by atoms with Crippen LogP contribution in [0.4, 0.5) is 0 Å². The maximum atomic E-state index is 12.2. The minimum Gasteiger partial charge on any atom is -0.466 e. The largest absolute Gasteiger partial charge is 0.466 e. The summed E-state index contributed by atoms with van der Waals surface area (Å²) in [4.78, 5) is 13.1. The Hall–Kier alpha value is -4.29. The minimum atomic E-state index is -0.382. The Morgan fingerprint density at radius 1 is 0.889 bits per heavy atom. The van der Waals surface area contributed by atoms with Crippen LogP contribution >= 0.6 is 44.4 Å². The Kier molecular flexibility index (Phi) is 8.86. The number of carbonyl (C=O) groups is 1. The lowest BCUT2D eigenvalue weighted by atomic mass is 9.89. The van der Waals surface area contributed by atoms with Crippen molar-refractivity contribution in [3.05, 3.63) is 123 Å². The molecule has 0 N–H and O–H groups in total. The van der Waals surface area contributed by atoms with Crippen molar-refractivity contribution in [1.82, 2.24) is 3.97 Å². The summed E-state index contributed by atoms with van der Waals surface area (Å²) in [7, 11) is 4.11. The van der Waals surface area contributed by atoms with Crippen LogP contribution < -0.4 is 5.30 Å². The molecule has 1 atom stereocenters. The van der Waals surface area contributed by atoms with E-state index in [4.69, 9.17) is 27.9 Å². The molecule has 1 aliphatic rings. The van der Waals surface area contributed by atoms with Gasteiger partial charge in [-0.1, -0.05) is 53.5 Å². The lowest BCUT2D eigenvalue weighted by Crippen LogP contribution is -2.08. The Labute approximate surface area is 277 Å². The average molecular weight is 665 g/mol. The molecule has 1 unspecified atom stereocenters. The molecule has 0 radical (unpaired) electrons. The Morgan fingerprint density at radius 3 is 2.24 bits per heavy atom. The molecule has 0 fully saturated rings. The third-order valence-corrected chi connectivity index (χ3v) is 9.67. The molecule has 0 saturated carbocycles. The molecular weight excluding hydrogens is 640 g/mol. The predicted octanol–water partition coefficient (Wildman–Crippen LogP) is 9.27. The van der Waals surface area contributed by atoms with Gasteiger partial charge in [-0.2, -0.15) is 10.5 Å². The number of methoxy groups -OCH3 is 1. The Morgan fingerprint density at radius 2 is 1.58 bits per heavy atom. The van der Waals surface area contributed by atoms with Crippen LogP contribution in [0.5, 0.6) is 0 Å². The third-order valence-electron chi connectivity index (χ3n) is 7.68. The van der Waals surface area contributed by atoms with E-state index in [0.29, 0.717) is 45.2 Å². The number of nitriles is 2. The zero-order valence-corrected chi connectivity index (χ0v) is 27.5. The fourth-order valence-electron chi connectivity index (χ4n) is 5.62. The van der Waals surface area contributed by atoms with E-state index in [9.17, 15) is 15.3 Å². The number of benzene rings is 4. The topological polar surface area (TPSA) is 78.8 Å². The second kappa shape index (κ2) is 13.0. The van der Waals surface area contributed by atoms with Gasteiger partial charge < -0.3 is 4.74 Å². The number of rotatable bonds is 6. The number of hydrogen-bond acceptors (Lipinski definition) is 5. The number of allylic oxidation sites excluding steroid dienone is 3. The number of nitrogens with zero attached hydrogens (tertiary/aromatic N) is 3. The smallest absolute Gasteiger partial charge is 0.333 e. The van der Waals surface area contributed by atoms with Crippen LogP contribution in [0.25, 0.3) is 38.9 Å². The molecule has 0 saturated heterocycles. The highest BCUT2D eigenvalue weighted by atomic mass is 35.5. The molecule has 5 aromatic rings. The molecule has 6 rings (SSSR count). The fourth-order valence-corrected chi connectivity index (χ4v) is 7.36. The van der Waals surface area contributed by atoms with E-state index in [1.54, 1.807) is 24.3 Å². The van der Waals surface area contributed by atoms with Gasteiger partial charge in [-0.25, -0.2) is 4.79 Å². The molecule has 1 aliphatic carbocycles. The standard InChI is InChI=1S/C36H24Cl2N3O2PS/c1-43-36(42)23-8-14-29(31(38)17-23)21-4-2-5-22(16-21)35-34(33-24(19-39)6-3-7-25(33)20-40)30-18-27(44)11-15-32(30)41(35)45-28-12-9-26(37)10-13-28/h2-7,9-13,15-18H,8,14,44H2,1H3. The lowest BCUT2D eigenvalue weighted by Gasteiger charge is -2.18. The zero-order valence-electron chi connectivity index (χ0n) is 24.0. The number of fused-ring (bicyclic) bond motifs is 1. The van der Waals surface area contributed by atoms with Crippen molar-refractivity contribution in [1.29, 1.82) is 10.5 Å². The molecule has 45 heavy (non-hydrogen) atoms. The van der Waals surface area contributed by atoms with E-state index in [1.807, 2.05) is 48.5 Å². The van der Waals surface area contributed by atoms with Gasteiger partial charge in [0.2, 0.25) is 0 Å². The van der Waals surface area contributed by atoms with Crippen molar-refractivity contribution in [3.63, 3.8) is 0 Å². The van der Waals surface area contributed by atoms with E-state index in [-0.39, 0.29) is 5.97 Å². The van der Waals surface area contributed by atoms with E-state index < -0.39 is 0 Å². The molecule has 220 valence electrons. The zero-order chi connectivity index (χ0) is 31.7. The van der Waals surface area contributed by atoms with Gasteiger partial charge in [0.05, 0.1) is 41.6 Å². The van der Waals surface area contributed by atoms with Crippen LogP contribution in [0.2, 0.25) is 5.02 Å². The van der Waals surface area contributed by atoms with Crippen LogP contribution in [0, 0.1) is 22.7 Å². The SMILES string of the molecule is COC(=O)C1=CC(Cl)=C(c2cccc(-c3c(-c4c(C#N)cccc4C#N)c4cc(P)ccc4n3Sc3ccc(Cl)cc3)c2)CC1. The summed E-state index contributed by atoms with van der Waals surface area (Å²) < 4.78 is 7.06. The Balaban J connectivity index is 1.67. The maximum Gasteiger partial charge on any atom is 0.333 e. The summed E-state index contributed by atoms with van der Waals surface area (Å²) >= 11 is 14.5. The molecule has 9 heteroatoms. The molecule has 4 aromatic carbocycles. The second-order valence-corrected chi connectivity index (χ2v) is 12.9. The van der Waals surface area contributed by atoms with Crippen molar-refractivity contribution in [2.45, 2.75) is 17.7 Å². The van der Waals surface area contributed by atoms with Crippen molar-refractivity contribution >= 4 is 72.1 Å². The summed E-state index contributed by atoms with van der Waals surface area (Å²) in [6.45, 7) is 0. The average Bonchev–Trinajstić information content (AvgIpc) is 3.37. The summed E-state index contributed by atoms with van der Waals surface area (Å²) in [5.74, 6) is -0.382. The van der Waals surface area contributed by atoms with E-state index in [2.05, 4.69) is 43.5 Å². The molecule has 1 aromatic heterocycles. The van der Waals surface area contributed by atoms with Crippen LogP contribution in [0.1, 0.15) is 29.5 Å². The van der Waals surface area contributed by atoms with E-state index in [1.165, 1.54) is 19.1 Å². The van der Waals surface area contributed by atoms with Gasteiger partial charge >= 0.3 is 5.97 Å². The summed E-state index contributed by atoms with van der Waals surface area (Å²) in [5.41, 5.74) is 7.20. The van der Waals surface area contributed by atoms with Gasteiger partial charge in [-0.3, -0.25) is 3.97 Å². The molecule has 0 amide bonds. The molecule has 0 bridgehead atoms. The van der Waals surface area contributed by atoms with Gasteiger partial charge in [0.1, 0.15) is 0 Å². The molecule has 0 aliphatic heterocycles. The van der Waals surface area contributed by atoms with Crippen molar-refractivity contribution in [3.8, 4) is 34.5 Å². The van der Waals surface area contributed by atoms with Crippen LogP contribution in [0.15, 0.2) is 107 Å². The number of ether oxygens (including phenoxy) is 1. The summed E-state index contributed by atoms with van der Waals surface area (Å²) in [6, 6.07) is 31.7. The van der Waals surface area contributed by atoms with Gasteiger partial charge in [-0.05, 0) is 102 Å². The highest BCUT2D eigenvalue weighted by Gasteiger charge is 2.26. The van der Waals surface area contributed by atoms with Gasteiger partial charge in [0, 0.05) is 42.6 Å². The summed E-state index contributed by atoms with van der Waals surface area (Å²) in [6.07, 6.45) is 2.77. The number of carbonyl (C=O) groups excluding carboxylic acids is 1. The normalized spacial score (nSPS) is 12.9. The second-order valence-electron chi connectivity index (χ2n) is 10.4. The van der Waals surface area contributed by atoms with E-state index in [0.717, 1.165) is 49.1 Å². The molecular formula is C36H24Cl2N3O2PS. The minimum absolute atomic E-state index is 0.382. The molecule has 5 nitrogen and oxygen atoms in total. The van der Waals surface area contributed by atoms with Gasteiger partial charge in [-0.15, -0.1) is 9.24 Å². The van der Waals surface area contributed by atoms with E-state index >= 15 is 0 Å². The molecule has 0 spiro atoms. The molecule has 1 heterocycles. The van der Waals surface area contributed by atoms with Crippen LogP contribution in [0.3, 0.4) is 0 Å². The van der Waals surface area contributed by atoms with Gasteiger partial charge in [0.15, 0.2) is 0 Å². The van der Waals surface area contributed by atoms with Crippen molar-refractivity contribution in [2.75, 3.05) is 7.11 Å². The first-order valence-corrected chi connectivity index (χ1v) is 16.0. The van der Waals surface area contributed by atoms with Crippen LogP contribution in [-0.2, 0) is 9.53 Å². The first-order chi connectivity index (χ1) is 21.8. The maximum absolute atomic E-state index is 12.2. The number of hydrogen-bond donors (Lipinski definition) is 0. The monoisotopic (exact) mass is 663 g/mol. The first-order valence-electron chi connectivity index (χ1n) is 13.9. The fraction of sp³-hybridized carbons (Fsp3) is 0.0833. The number of halogens is 2. The predicted molar refractivity (Wildman–Crippen MR) is 186 cm³/mol. The quantitative estimate of drug-likeness (QED) is 0.134. The first kappa shape index (κ1) is 30.7. The Bertz CT molecular complexity index is 2120. The lowest BCUT2D eigenvalue weighted by molar-refractivity contribution is -0.136. The number of esters is 1. The third kappa shape index (κ3) is 5.91. The number of aromatic nitrogens is 1. The summed E-state index contributed by atoms with van der Waals surface area (Å²) in [5, 5.41) is 23.5. The highest BCUT2D eigenvalue weighted by molar-refractivity contribution is 7.98. The van der Waals surface area contributed by atoms with Gasteiger partial charge in [0.25, 0.3) is 0 Å². The van der Waals surface area contributed by atoms with Crippen molar-refractivity contribution < 1.29 is 9.53 Å². The van der Waals surface area contributed by atoms with Crippen molar-refractivity contribution in [2.24, 2.45) is 0 Å².